The maximum absolute atomic E-state index is 12.8. The van der Waals surface area contributed by atoms with Crippen LogP contribution in [0.5, 0.6) is 17.2 Å². The second-order valence-electron chi connectivity index (χ2n) is 6.79. The van der Waals surface area contributed by atoms with E-state index in [0.717, 1.165) is 10.7 Å². The number of ether oxygens (including phenoxy) is 3. The molecule has 34 heavy (non-hydrogen) atoms. The first-order chi connectivity index (χ1) is 16.1. The Labute approximate surface area is 191 Å². The number of aromatic nitrogens is 2. The van der Waals surface area contributed by atoms with Gasteiger partial charge in [-0.1, -0.05) is 12.1 Å². The van der Waals surface area contributed by atoms with E-state index in [-0.39, 0.29) is 29.4 Å². The van der Waals surface area contributed by atoms with Gasteiger partial charge < -0.3 is 19.5 Å². The number of nitro benzene ring substituents is 1. The molecule has 180 valence electrons. The van der Waals surface area contributed by atoms with Gasteiger partial charge in [0.1, 0.15) is 5.56 Å². The molecule has 0 bridgehead atoms. The van der Waals surface area contributed by atoms with Crippen molar-refractivity contribution in [3.05, 3.63) is 69.5 Å². The fourth-order valence-electron chi connectivity index (χ4n) is 3.16. The Hall–Kier alpha value is -4.29. The van der Waals surface area contributed by atoms with Crippen LogP contribution in [0.15, 0.2) is 42.6 Å². The predicted molar refractivity (Wildman–Crippen MR) is 112 cm³/mol. The summed E-state index contributed by atoms with van der Waals surface area (Å²) in [5.41, 5.74) is -0.934. The molecule has 3 rings (SSSR count). The van der Waals surface area contributed by atoms with Crippen molar-refractivity contribution < 1.29 is 37.1 Å². The number of benzene rings is 2. The van der Waals surface area contributed by atoms with Gasteiger partial charge in [0.15, 0.2) is 11.4 Å². The Balaban J connectivity index is 1.81. The van der Waals surface area contributed by atoms with Crippen LogP contribution >= 0.6 is 0 Å². The summed E-state index contributed by atoms with van der Waals surface area (Å²) >= 11 is 0. The summed E-state index contributed by atoms with van der Waals surface area (Å²) in [4.78, 5) is 23.7. The van der Waals surface area contributed by atoms with E-state index in [4.69, 9.17) is 14.2 Å². The number of halogens is 3. The summed E-state index contributed by atoms with van der Waals surface area (Å²) < 4.78 is 54.7. The molecule has 3 aromatic rings. The van der Waals surface area contributed by atoms with E-state index < -0.39 is 28.4 Å². The van der Waals surface area contributed by atoms with Crippen molar-refractivity contribution in [3.8, 4) is 22.9 Å². The molecule has 0 saturated carbocycles. The van der Waals surface area contributed by atoms with E-state index in [2.05, 4.69) is 10.4 Å². The second-order valence-corrected chi connectivity index (χ2v) is 6.79. The van der Waals surface area contributed by atoms with Gasteiger partial charge in [-0.05, 0) is 23.8 Å². The summed E-state index contributed by atoms with van der Waals surface area (Å²) in [6, 6.07) is 8.24. The van der Waals surface area contributed by atoms with E-state index in [1.54, 1.807) is 12.1 Å². The maximum atomic E-state index is 12.8. The highest BCUT2D eigenvalue weighted by Crippen LogP contribution is 2.46. The number of carbonyl (C=O) groups excluding carboxylic acids is 1. The van der Waals surface area contributed by atoms with Crippen LogP contribution in [0.2, 0.25) is 0 Å². The molecule has 0 aliphatic carbocycles. The quantitative estimate of drug-likeness (QED) is 0.385. The van der Waals surface area contributed by atoms with Crippen LogP contribution in [0.3, 0.4) is 0 Å². The molecule has 13 heteroatoms. The lowest BCUT2D eigenvalue weighted by Crippen LogP contribution is -2.24. The standard InChI is InChI=1S/C21H19F3N4O6/c1-32-15-10-14(17(28(30)31)19(34-3)18(15)33-2)20(29)25-11-12-4-6-13(7-5-12)27-9-8-16(26-27)21(22,23)24/h4-10H,11H2,1-3H3,(H,25,29). The van der Waals surface area contributed by atoms with Crippen LogP contribution in [0.4, 0.5) is 18.9 Å². The molecule has 0 radical (unpaired) electrons. The van der Waals surface area contributed by atoms with Crippen LogP contribution in [-0.2, 0) is 12.7 Å². The van der Waals surface area contributed by atoms with Crippen LogP contribution < -0.4 is 19.5 Å². The van der Waals surface area contributed by atoms with Crippen LogP contribution in [0, 0.1) is 10.1 Å². The number of nitro groups is 1. The van der Waals surface area contributed by atoms with Gasteiger partial charge >= 0.3 is 11.9 Å². The summed E-state index contributed by atoms with van der Waals surface area (Å²) in [7, 11) is 3.79. The molecule has 2 aromatic carbocycles. The molecule has 0 unspecified atom stereocenters. The number of hydrogen-bond donors (Lipinski definition) is 1. The van der Waals surface area contributed by atoms with Crippen molar-refractivity contribution in [1.29, 1.82) is 0 Å². The van der Waals surface area contributed by atoms with Gasteiger partial charge in [-0.15, -0.1) is 0 Å². The molecule has 1 aromatic heterocycles. The van der Waals surface area contributed by atoms with E-state index in [1.807, 2.05) is 0 Å². The van der Waals surface area contributed by atoms with Gasteiger partial charge in [0, 0.05) is 18.8 Å². The average Bonchev–Trinajstić information content (AvgIpc) is 3.32. The largest absolute Gasteiger partial charge is 0.493 e. The Bertz CT molecular complexity index is 1210. The number of methoxy groups -OCH3 is 3. The number of nitrogens with zero attached hydrogens (tertiary/aromatic N) is 3. The Morgan fingerprint density at radius 2 is 1.74 bits per heavy atom. The molecule has 0 aliphatic heterocycles. The molecule has 0 fully saturated rings. The first-order valence-corrected chi connectivity index (χ1v) is 9.58. The number of amides is 1. The number of nitrogens with one attached hydrogen (secondary N) is 1. The van der Waals surface area contributed by atoms with Crippen molar-refractivity contribution in [3.63, 3.8) is 0 Å². The molecular weight excluding hydrogens is 461 g/mol. The molecule has 10 nitrogen and oxygen atoms in total. The predicted octanol–water partition coefficient (Wildman–Crippen LogP) is 3.76. The smallest absolute Gasteiger partial charge is 0.435 e. The maximum Gasteiger partial charge on any atom is 0.435 e. The third kappa shape index (κ3) is 4.87. The normalized spacial score (nSPS) is 11.1. The van der Waals surface area contributed by atoms with E-state index in [1.165, 1.54) is 45.7 Å². The first-order valence-electron chi connectivity index (χ1n) is 9.58. The summed E-state index contributed by atoms with van der Waals surface area (Å²) in [5.74, 6) is -0.997. The summed E-state index contributed by atoms with van der Waals surface area (Å²) in [6.45, 7) is -0.0141. The Morgan fingerprint density at radius 3 is 2.24 bits per heavy atom. The molecule has 1 heterocycles. The SMILES string of the molecule is COc1cc(C(=O)NCc2ccc(-n3ccc(C(F)(F)F)n3)cc2)c([N+](=O)[O-])c(OC)c1OC. The highest BCUT2D eigenvalue weighted by Gasteiger charge is 2.34. The van der Waals surface area contributed by atoms with E-state index in [9.17, 15) is 28.1 Å². The zero-order chi connectivity index (χ0) is 25.0. The monoisotopic (exact) mass is 480 g/mol. The van der Waals surface area contributed by atoms with Crippen LogP contribution in [0.25, 0.3) is 5.69 Å². The van der Waals surface area contributed by atoms with Crippen molar-refractivity contribution in [1.82, 2.24) is 15.1 Å². The van der Waals surface area contributed by atoms with E-state index in [0.29, 0.717) is 11.3 Å². The minimum absolute atomic E-state index is 0.0141. The molecule has 1 N–H and O–H groups in total. The molecule has 0 saturated heterocycles. The van der Waals surface area contributed by atoms with E-state index >= 15 is 0 Å². The minimum Gasteiger partial charge on any atom is -0.493 e. The molecule has 1 amide bonds. The second kappa shape index (κ2) is 9.68. The fourth-order valence-corrected chi connectivity index (χ4v) is 3.16. The number of hydrogen-bond acceptors (Lipinski definition) is 7. The Morgan fingerprint density at radius 1 is 1.09 bits per heavy atom. The van der Waals surface area contributed by atoms with Gasteiger partial charge in [-0.2, -0.15) is 18.3 Å². The van der Waals surface area contributed by atoms with Gasteiger partial charge in [0.2, 0.25) is 11.5 Å². The van der Waals surface area contributed by atoms with Crippen molar-refractivity contribution in [2.75, 3.05) is 21.3 Å². The Kier molecular flexibility index (Phi) is 6.94. The average molecular weight is 480 g/mol. The summed E-state index contributed by atoms with van der Waals surface area (Å²) in [5, 5.41) is 17.7. The molecular formula is C21H19F3N4O6. The van der Waals surface area contributed by atoms with Gasteiger partial charge in [0.05, 0.1) is 31.9 Å². The molecule has 0 spiro atoms. The third-order valence-corrected chi connectivity index (χ3v) is 4.76. The van der Waals surface area contributed by atoms with Crippen LogP contribution in [-0.4, -0.2) is 41.9 Å². The number of rotatable bonds is 8. The van der Waals surface area contributed by atoms with Gasteiger partial charge in [0.25, 0.3) is 5.91 Å². The molecule has 0 atom stereocenters. The zero-order valence-electron chi connectivity index (χ0n) is 18.2. The first kappa shape index (κ1) is 24.4. The lowest BCUT2D eigenvalue weighted by atomic mass is 10.1. The fraction of sp³-hybridized carbons (Fsp3) is 0.238. The minimum atomic E-state index is -4.55. The topological polar surface area (TPSA) is 118 Å². The third-order valence-electron chi connectivity index (χ3n) is 4.76. The van der Waals surface area contributed by atoms with Crippen molar-refractivity contribution >= 4 is 11.6 Å². The summed E-state index contributed by atoms with van der Waals surface area (Å²) in [6.07, 6.45) is -3.37. The lowest BCUT2D eigenvalue weighted by molar-refractivity contribution is -0.386. The lowest BCUT2D eigenvalue weighted by Gasteiger charge is -2.15. The highest BCUT2D eigenvalue weighted by atomic mass is 19.4. The van der Waals surface area contributed by atoms with Crippen molar-refractivity contribution in [2.45, 2.75) is 12.7 Å². The van der Waals surface area contributed by atoms with Gasteiger partial charge in [-0.25, -0.2) is 4.68 Å². The highest BCUT2D eigenvalue weighted by molar-refractivity contribution is 6.00. The van der Waals surface area contributed by atoms with Crippen molar-refractivity contribution in [2.24, 2.45) is 0 Å². The zero-order valence-corrected chi connectivity index (χ0v) is 18.2. The number of alkyl halides is 3. The van der Waals surface area contributed by atoms with Crippen LogP contribution in [0.1, 0.15) is 21.6 Å². The molecule has 0 aliphatic rings. The van der Waals surface area contributed by atoms with Gasteiger partial charge in [-0.3, -0.25) is 14.9 Å². The number of carbonyl (C=O) groups is 1.